The Hall–Kier alpha value is -3.16. The fourth-order valence-electron chi connectivity index (χ4n) is 2.03. The van der Waals surface area contributed by atoms with E-state index in [2.05, 4.69) is 21.9 Å². The molecule has 0 aliphatic carbocycles. The lowest BCUT2D eigenvalue weighted by Gasteiger charge is -2.05. The van der Waals surface area contributed by atoms with Crippen LogP contribution in [0.15, 0.2) is 73.3 Å². The van der Waals surface area contributed by atoms with Gasteiger partial charge >= 0.3 is 0 Å². The van der Waals surface area contributed by atoms with Crippen molar-refractivity contribution in [3.63, 3.8) is 0 Å². The number of hydrogen-bond acceptors (Lipinski definition) is 3. The summed E-state index contributed by atoms with van der Waals surface area (Å²) in [4.78, 5) is 16.6. The summed E-state index contributed by atoms with van der Waals surface area (Å²) in [7, 11) is 0. The maximum Gasteiger partial charge on any atom is 0.212 e. The molecular weight excluding hydrogens is 322 g/mol. The minimum atomic E-state index is -0.209. The van der Waals surface area contributed by atoms with E-state index in [0.717, 1.165) is 5.56 Å². The molecule has 3 rings (SSSR count). The predicted octanol–water partition coefficient (Wildman–Crippen LogP) is 3.71. The third-order valence-corrected chi connectivity index (χ3v) is 3.46. The Balaban J connectivity index is 1.95. The summed E-state index contributed by atoms with van der Waals surface area (Å²) < 4.78 is 1.40. The molecule has 0 radical (unpaired) electrons. The molecule has 0 atom stereocenters. The number of nitrogens with zero attached hydrogens (tertiary/aromatic N) is 3. The molecular formula is C19H12ClN3O. The Kier molecular flexibility index (Phi) is 4.85. The van der Waals surface area contributed by atoms with Gasteiger partial charge in [0.1, 0.15) is 18.4 Å². The SMILES string of the molecule is O=C(/C(=C/C#Cc1ccccc1)n1cncn1)c1ccc(Cl)cc1. The van der Waals surface area contributed by atoms with Crippen LogP contribution in [-0.4, -0.2) is 20.5 Å². The van der Waals surface area contributed by atoms with Crippen molar-refractivity contribution >= 4 is 23.1 Å². The maximum atomic E-state index is 12.7. The summed E-state index contributed by atoms with van der Waals surface area (Å²) in [6.45, 7) is 0. The van der Waals surface area contributed by atoms with Gasteiger partial charge in [0, 0.05) is 22.2 Å². The summed E-state index contributed by atoms with van der Waals surface area (Å²) in [6, 6.07) is 16.2. The molecule has 3 aromatic rings. The van der Waals surface area contributed by atoms with Crippen molar-refractivity contribution in [3.05, 3.63) is 89.5 Å². The van der Waals surface area contributed by atoms with Gasteiger partial charge in [-0.2, -0.15) is 5.10 Å². The molecule has 116 valence electrons. The number of aromatic nitrogens is 3. The second kappa shape index (κ2) is 7.40. The average Bonchev–Trinajstić information content (AvgIpc) is 3.14. The Bertz CT molecular complexity index is 918. The van der Waals surface area contributed by atoms with Gasteiger partial charge in [0.15, 0.2) is 0 Å². The molecule has 5 heteroatoms. The summed E-state index contributed by atoms with van der Waals surface area (Å²) in [5.41, 5.74) is 1.69. The number of benzene rings is 2. The third kappa shape index (κ3) is 3.78. The topological polar surface area (TPSA) is 47.8 Å². The second-order valence-electron chi connectivity index (χ2n) is 4.84. The van der Waals surface area contributed by atoms with Crippen LogP contribution in [0.5, 0.6) is 0 Å². The first-order chi connectivity index (χ1) is 11.7. The molecule has 0 amide bonds. The van der Waals surface area contributed by atoms with Gasteiger partial charge in [0.2, 0.25) is 5.78 Å². The van der Waals surface area contributed by atoms with Gasteiger partial charge in [0.05, 0.1) is 0 Å². The van der Waals surface area contributed by atoms with Crippen LogP contribution < -0.4 is 0 Å². The van der Waals surface area contributed by atoms with Crippen LogP contribution in [-0.2, 0) is 0 Å². The maximum absolute atomic E-state index is 12.7. The lowest BCUT2D eigenvalue weighted by atomic mass is 10.1. The number of hydrogen-bond donors (Lipinski definition) is 0. The van der Waals surface area contributed by atoms with E-state index in [9.17, 15) is 4.79 Å². The van der Waals surface area contributed by atoms with Crippen LogP contribution in [0.1, 0.15) is 15.9 Å². The average molecular weight is 334 g/mol. The largest absolute Gasteiger partial charge is 0.287 e. The van der Waals surface area contributed by atoms with E-state index in [1.807, 2.05) is 30.3 Å². The zero-order chi connectivity index (χ0) is 16.8. The van der Waals surface area contributed by atoms with E-state index < -0.39 is 0 Å². The fraction of sp³-hybridized carbons (Fsp3) is 0. The quantitative estimate of drug-likeness (QED) is 0.417. The van der Waals surface area contributed by atoms with Gasteiger partial charge in [-0.1, -0.05) is 41.6 Å². The molecule has 0 fully saturated rings. The number of rotatable bonds is 3. The van der Waals surface area contributed by atoms with Crippen LogP contribution in [0, 0.1) is 11.8 Å². The minimum absolute atomic E-state index is 0.209. The Morgan fingerprint density at radius 2 is 1.83 bits per heavy atom. The van der Waals surface area contributed by atoms with Gasteiger partial charge in [-0.25, -0.2) is 9.67 Å². The lowest BCUT2D eigenvalue weighted by Crippen LogP contribution is -2.10. The van der Waals surface area contributed by atoms with Crippen molar-refractivity contribution in [1.82, 2.24) is 14.8 Å². The number of allylic oxidation sites excluding steroid dienone is 2. The van der Waals surface area contributed by atoms with E-state index in [1.165, 1.54) is 17.3 Å². The molecule has 0 bridgehead atoms. The highest BCUT2D eigenvalue weighted by Gasteiger charge is 2.14. The molecule has 0 aliphatic heterocycles. The van der Waals surface area contributed by atoms with Crippen LogP contribution >= 0.6 is 11.6 Å². The summed E-state index contributed by atoms with van der Waals surface area (Å²) in [5.74, 6) is 5.69. The normalized spacial score (nSPS) is 10.8. The Morgan fingerprint density at radius 3 is 2.50 bits per heavy atom. The fourth-order valence-corrected chi connectivity index (χ4v) is 2.15. The van der Waals surface area contributed by atoms with E-state index in [0.29, 0.717) is 16.3 Å². The number of ketones is 1. The first kappa shape index (κ1) is 15.7. The highest BCUT2D eigenvalue weighted by atomic mass is 35.5. The molecule has 4 nitrogen and oxygen atoms in total. The number of halogens is 1. The van der Waals surface area contributed by atoms with Crippen molar-refractivity contribution < 1.29 is 4.79 Å². The molecule has 1 heterocycles. The molecule has 0 aliphatic rings. The van der Waals surface area contributed by atoms with E-state index in [1.54, 1.807) is 30.3 Å². The van der Waals surface area contributed by atoms with Crippen molar-refractivity contribution in [2.45, 2.75) is 0 Å². The minimum Gasteiger partial charge on any atom is -0.287 e. The van der Waals surface area contributed by atoms with Crippen molar-refractivity contribution in [2.24, 2.45) is 0 Å². The number of carbonyl (C=O) groups excluding carboxylic acids is 1. The van der Waals surface area contributed by atoms with Crippen LogP contribution in [0.2, 0.25) is 5.02 Å². The van der Waals surface area contributed by atoms with Crippen molar-refractivity contribution in [1.29, 1.82) is 0 Å². The Morgan fingerprint density at radius 1 is 1.08 bits per heavy atom. The van der Waals surface area contributed by atoms with Gasteiger partial charge in [-0.15, -0.1) is 0 Å². The zero-order valence-electron chi connectivity index (χ0n) is 12.6. The monoisotopic (exact) mass is 333 g/mol. The lowest BCUT2D eigenvalue weighted by molar-refractivity contribution is 0.105. The van der Waals surface area contributed by atoms with Crippen molar-refractivity contribution in [3.8, 4) is 11.8 Å². The highest BCUT2D eigenvalue weighted by molar-refractivity contribution is 6.31. The highest BCUT2D eigenvalue weighted by Crippen LogP contribution is 2.15. The van der Waals surface area contributed by atoms with E-state index >= 15 is 0 Å². The molecule has 24 heavy (non-hydrogen) atoms. The smallest absolute Gasteiger partial charge is 0.212 e. The first-order valence-electron chi connectivity index (χ1n) is 7.16. The standard InChI is InChI=1S/C19H12ClN3O/c20-17-11-9-16(10-12-17)19(24)18(23-14-21-13-22-23)8-4-7-15-5-2-1-3-6-15/h1-3,5-6,8-14H/b18-8-. The van der Waals surface area contributed by atoms with Crippen LogP contribution in [0.25, 0.3) is 5.70 Å². The molecule has 0 spiro atoms. The molecule has 1 aromatic heterocycles. The molecule has 0 saturated heterocycles. The third-order valence-electron chi connectivity index (χ3n) is 3.20. The van der Waals surface area contributed by atoms with E-state index in [4.69, 9.17) is 11.6 Å². The predicted molar refractivity (Wildman–Crippen MR) is 93.4 cm³/mol. The first-order valence-corrected chi connectivity index (χ1v) is 7.54. The molecule has 0 unspecified atom stereocenters. The number of carbonyl (C=O) groups is 1. The van der Waals surface area contributed by atoms with Gasteiger partial charge < -0.3 is 0 Å². The van der Waals surface area contributed by atoms with Crippen LogP contribution in [0.3, 0.4) is 0 Å². The van der Waals surface area contributed by atoms with E-state index in [-0.39, 0.29) is 5.78 Å². The summed E-state index contributed by atoms with van der Waals surface area (Å²) >= 11 is 5.87. The molecule has 0 saturated carbocycles. The van der Waals surface area contributed by atoms with Crippen LogP contribution in [0.4, 0.5) is 0 Å². The van der Waals surface area contributed by atoms with Gasteiger partial charge in [-0.3, -0.25) is 4.79 Å². The number of Topliss-reactive ketones (excluding diaryl/α,β-unsaturated/α-hetero) is 1. The Labute approximate surface area is 144 Å². The summed E-state index contributed by atoms with van der Waals surface area (Å²) in [6.07, 6.45) is 4.37. The van der Waals surface area contributed by atoms with Crippen molar-refractivity contribution in [2.75, 3.05) is 0 Å². The van der Waals surface area contributed by atoms with Gasteiger partial charge in [-0.05, 0) is 36.4 Å². The second-order valence-corrected chi connectivity index (χ2v) is 5.28. The van der Waals surface area contributed by atoms with Gasteiger partial charge in [0.25, 0.3) is 0 Å². The zero-order valence-corrected chi connectivity index (χ0v) is 13.3. The molecule has 0 N–H and O–H groups in total. The molecule has 2 aromatic carbocycles. The summed E-state index contributed by atoms with van der Waals surface area (Å²) in [5, 5.41) is 4.60.